The summed E-state index contributed by atoms with van der Waals surface area (Å²) in [4.78, 5) is 0. The molecule has 0 heterocycles. The Morgan fingerprint density at radius 1 is 1.36 bits per heavy atom. The van der Waals surface area contributed by atoms with E-state index in [-0.39, 0.29) is 5.25 Å². The summed E-state index contributed by atoms with van der Waals surface area (Å²) in [6.07, 6.45) is 3.25. The van der Waals surface area contributed by atoms with Gasteiger partial charge >= 0.3 is 0 Å². The number of rotatable bonds is 1. The highest BCUT2D eigenvalue weighted by atomic mass is 32.2. The van der Waals surface area contributed by atoms with Crippen LogP contribution < -0.4 is 0 Å². The smallest absolute Gasteiger partial charge is 0.156 e. The van der Waals surface area contributed by atoms with Gasteiger partial charge in [0.2, 0.25) is 0 Å². The monoisotopic (exact) mass is 176 g/mol. The minimum Gasteiger partial charge on any atom is -0.306 e. The topological polar surface area (TPSA) is 37.3 Å². The summed E-state index contributed by atoms with van der Waals surface area (Å²) in [6, 6.07) is 0. The van der Waals surface area contributed by atoms with Crippen molar-refractivity contribution in [1.82, 2.24) is 0 Å². The van der Waals surface area contributed by atoms with Crippen LogP contribution >= 0.6 is 0 Å². The molecule has 1 fully saturated rings. The molecule has 1 saturated carbocycles. The normalized spacial score (nSPS) is 41.9. The molecule has 1 N–H and O–H groups in total. The average molecular weight is 176 g/mol. The molecule has 0 amide bonds. The summed E-state index contributed by atoms with van der Waals surface area (Å²) in [5, 5.41) is 0.0266. The van der Waals surface area contributed by atoms with E-state index in [2.05, 4.69) is 13.8 Å². The Morgan fingerprint density at radius 2 is 2.00 bits per heavy atom. The predicted octanol–water partition coefficient (Wildman–Crippen LogP) is 2.03. The third kappa shape index (κ3) is 2.27. The Hall–Kier alpha value is 0.110. The summed E-state index contributed by atoms with van der Waals surface area (Å²) in [7, 11) is 0. The minimum absolute atomic E-state index is 0.0266. The maximum absolute atomic E-state index is 10.8. The summed E-state index contributed by atoms with van der Waals surface area (Å²) in [5.74, 6) is 1.06. The van der Waals surface area contributed by atoms with E-state index in [4.69, 9.17) is 4.55 Å². The molecule has 66 valence electrons. The quantitative estimate of drug-likeness (QED) is 0.621. The zero-order valence-electron chi connectivity index (χ0n) is 7.12. The largest absolute Gasteiger partial charge is 0.306 e. The Balaban J connectivity index is 2.54. The van der Waals surface area contributed by atoms with Crippen LogP contribution in [0, 0.1) is 11.8 Å². The molecular weight excluding hydrogens is 160 g/mol. The average Bonchev–Trinajstić information content (AvgIpc) is 1.94. The second kappa shape index (κ2) is 3.68. The molecule has 0 radical (unpaired) electrons. The third-order valence-corrected chi connectivity index (χ3v) is 3.82. The molecule has 1 aliphatic rings. The molecule has 0 spiro atoms. The lowest BCUT2D eigenvalue weighted by Gasteiger charge is -2.29. The van der Waals surface area contributed by atoms with Gasteiger partial charge < -0.3 is 4.55 Å². The Bertz CT molecular complexity index is 158. The van der Waals surface area contributed by atoms with E-state index in [1.54, 1.807) is 0 Å². The van der Waals surface area contributed by atoms with Gasteiger partial charge in [0, 0.05) is 0 Å². The van der Waals surface area contributed by atoms with Crippen LogP contribution in [0.1, 0.15) is 33.1 Å². The maximum Gasteiger partial charge on any atom is 0.156 e. The Kier molecular flexibility index (Phi) is 3.07. The highest BCUT2D eigenvalue weighted by Crippen LogP contribution is 2.30. The molecule has 2 nitrogen and oxygen atoms in total. The molecule has 0 aromatic carbocycles. The van der Waals surface area contributed by atoms with Gasteiger partial charge in [-0.3, -0.25) is 0 Å². The van der Waals surface area contributed by atoms with Crippen molar-refractivity contribution >= 4 is 11.1 Å². The van der Waals surface area contributed by atoms with Crippen LogP contribution in [0.25, 0.3) is 0 Å². The molecule has 0 aromatic rings. The van der Waals surface area contributed by atoms with Crippen molar-refractivity contribution in [2.75, 3.05) is 0 Å². The summed E-state index contributed by atoms with van der Waals surface area (Å²) in [6.45, 7) is 4.23. The number of hydrogen-bond acceptors (Lipinski definition) is 1. The summed E-state index contributed by atoms with van der Waals surface area (Å²) >= 11 is -1.60. The lowest BCUT2D eigenvalue weighted by Crippen LogP contribution is -2.30. The first-order valence-electron chi connectivity index (χ1n) is 4.21. The maximum atomic E-state index is 10.8. The standard InChI is InChI=1S/C8H16O2S/c1-6-3-4-7(2)8(5-6)11(9)10/h6-8H,3-5H2,1-2H3,(H,9,10). The highest BCUT2D eigenvalue weighted by Gasteiger charge is 2.29. The first-order chi connectivity index (χ1) is 5.11. The van der Waals surface area contributed by atoms with E-state index >= 15 is 0 Å². The zero-order valence-corrected chi connectivity index (χ0v) is 7.93. The van der Waals surface area contributed by atoms with E-state index in [0.29, 0.717) is 11.8 Å². The molecule has 1 rings (SSSR count). The lowest BCUT2D eigenvalue weighted by atomic mass is 9.84. The van der Waals surface area contributed by atoms with Crippen molar-refractivity contribution in [3.63, 3.8) is 0 Å². The van der Waals surface area contributed by atoms with Gasteiger partial charge in [0.15, 0.2) is 11.1 Å². The Morgan fingerprint density at radius 3 is 2.45 bits per heavy atom. The van der Waals surface area contributed by atoms with Crippen molar-refractivity contribution in [1.29, 1.82) is 0 Å². The van der Waals surface area contributed by atoms with Gasteiger partial charge in [-0.2, -0.15) is 0 Å². The second-order valence-electron chi connectivity index (χ2n) is 3.71. The SMILES string of the molecule is CC1CCC(C)C(S(=O)O)C1. The van der Waals surface area contributed by atoms with Crippen LogP contribution in [0.3, 0.4) is 0 Å². The highest BCUT2D eigenvalue weighted by molar-refractivity contribution is 7.79. The molecule has 0 aliphatic heterocycles. The van der Waals surface area contributed by atoms with Gasteiger partial charge in [-0.25, -0.2) is 4.21 Å². The van der Waals surface area contributed by atoms with Gasteiger partial charge in [-0.1, -0.05) is 20.3 Å². The van der Waals surface area contributed by atoms with Crippen LogP contribution in [0.5, 0.6) is 0 Å². The van der Waals surface area contributed by atoms with E-state index in [1.807, 2.05) is 0 Å². The van der Waals surface area contributed by atoms with Gasteiger partial charge in [0.25, 0.3) is 0 Å². The predicted molar refractivity (Wildman–Crippen MR) is 46.7 cm³/mol. The fraction of sp³-hybridized carbons (Fsp3) is 1.00. The lowest BCUT2D eigenvalue weighted by molar-refractivity contribution is 0.305. The van der Waals surface area contributed by atoms with Crippen molar-refractivity contribution in [3.05, 3.63) is 0 Å². The van der Waals surface area contributed by atoms with Crippen LogP contribution in [0.2, 0.25) is 0 Å². The first kappa shape index (κ1) is 9.20. The van der Waals surface area contributed by atoms with Crippen LogP contribution in [0.15, 0.2) is 0 Å². The third-order valence-electron chi connectivity index (χ3n) is 2.64. The van der Waals surface area contributed by atoms with Crippen molar-refractivity contribution < 1.29 is 8.76 Å². The van der Waals surface area contributed by atoms with Crippen molar-refractivity contribution in [3.8, 4) is 0 Å². The molecule has 4 unspecified atom stereocenters. The van der Waals surface area contributed by atoms with Gasteiger partial charge in [0.05, 0.1) is 5.25 Å². The molecule has 0 bridgehead atoms. The minimum atomic E-state index is -1.60. The van der Waals surface area contributed by atoms with E-state index in [0.717, 1.165) is 12.8 Å². The number of hydrogen-bond donors (Lipinski definition) is 1. The van der Waals surface area contributed by atoms with Gasteiger partial charge in [-0.15, -0.1) is 0 Å². The molecular formula is C8H16O2S. The molecule has 3 heteroatoms. The first-order valence-corrected chi connectivity index (χ1v) is 5.38. The molecule has 4 atom stereocenters. The van der Waals surface area contributed by atoms with Gasteiger partial charge in [-0.05, 0) is 24.7 Å². The fourth-order valence-electron chi connectivity index (χ4n) is 1.76. The van der Waals surface area contributed by atoms with Crippen LogP contribution in [-0.4, -0.2) is 14.0 Å². The Labute approximate surface area is 70.7 Å². The molecule has 0 aromatic heterocycles. The van der Waals surface area contributed by atoms with E-state index in [1.165, 1.54) is 6.42 Å². The zero-order chi connectivity index (χ0) is 8.43. The fourth-order valence-corrected chi connectivity index (χ4v) is 2.79. The van der Waals surface area contributed by atoms with Crippen molar-refractivity contribution in [2.24, 2.45) is 11.8 Å². The van der Waals surface area contributed by atoms with E-state index in [9.17, 15) is 4.21 Å². The molecule has 0 saturated heterocycles. The molecule has 1 aliphatic carbocycles. The summed E-state index contributed by atoms with van der Waals surface area (Å²) < 4.78 is 19.8. The molecule has 11 heavy (non-hydrogen) atoms. The second-order valence-corrected chi connectivity index (χ2v) is 4.87. The van der Waals surface area contributed by atoms with Crippen molar-refractivity contribution in [2.45, 2.75) is 38.4 Å². The summed E-state index contributed by atoms with van der Waals surface area (Å²) in [5.41, 5.74) is 0. The van der Waals surface area contributed by atoms with E-state index < -0.39 is 11.1 Å². The van der Waals surface area contributed by atoms with Crippen LogP contribution in [0.4, 0.5) is 0 Å². The van der Waals surface area contributed by atoms with Crippen LogP contribution in [-0.2, 0) is 11.1 Å². The van der Waals surface area contributed by atoms with Gasteiger partial charge in [0.1, 0.15) is 0 Å².